The van der Waals surface area contributed by atoms with Crippen molar-refractivity contribution in [2.24, 2.45) is 0 Å². The van der Waals surface area contributed by atoms with Gasteiger partial charge in [0.2, 0.25) is 0 Å². The van der Waals surface area contributed by atoms with Gasteiger partial charge in [-0.1, -0.05) is 158 Å². The molecule has 1 N–H and O–H groups in total. The predicted octanol–water partition coefficient (Wildman–Crippen LogP) is 10.5. The number of hydrogen-bond donors (Lipinski definition) is 1. The molecule has 6 aromatic carbocycles. The Bertz CT molecular complexity index is 2470. The molecular formula is C53H51NO7. The summed E-state index contributed by atoms with van der Waals surface area (Å²) in [6.07, 6.45) is 2.69. The Labute approximate surface area is 357 Å². The first kappa shape index (κ1) is 41.6. The summed E-state index contributed by atoms with van der Waals surface area (Å²) in [6, 6.07) is 55.0. The number of carboxylic acid groups (broad SMARTS) is 1. The second-order valence-corrected chi connectivity index (χ2v) is 15.5. The molecule has 7 aromatic rings. The van der Waals surface area contributed by atoms with E-state index in [1.807, 2.05) is 97.1 Å². The number of aromatic nitrogens is 1. The lowest BCUT2D eigenvalue weighted by molar-refractivity contribution is -0.289. The summed E-state index contributed by atoms with van der Waals surface area (Å²) in [5.74, 6) is -0.977. The lowest BCUT2D eigenvalue weighted by Crippen LogP contribution is -2.59. The van der Waals surface area contributed by atoms with E-state index >= 15 is 0 Å². The first-order valence-corrected chi connectivity index (χ1v) is 20.8. The molecule has 1 fully saturated rings. The largest absolute Gasteiger partial charge is 0.478 e. The quantitative estimate of drug-likeness (QED) is 0.0863. The highest BCUT2D eigenvalue weighted by Crippen LogP contribution is 2.39. The fourth-order valence-electron chi connectivity index (χ4n) is 8.05. The topological polar surface area (TPSA) is 88.4 Å². The number of carboxylic acids is 1. The van der Waals surface area contributed by atoms with Crippen molar-refractivity contribution in [3.05, 3.63) is 221 Å². The number of ether oxygens (including phenoxy) is 5. The molecule has 61 heavy (non-hydrogen) atoms. The molecule has 0 bridgehead atoms. The van der Waals surface area contributed by atoms with Crippen LogP contribution in [0, 0.1) is 6.92 Å². The summed E-state index contributed by atoms with van der Waals surface area (Å²) in [6.45, 7) is 3.86. The minimum absolute atomic E-state index is 0.259. The zero-order chi connectivity index (χ0) is 41.8. The fraction of sp³-hybridized carbons (Fsp3) is 0.226. The van der Waals surface area contributed by atoms with Crippen LogP contribution in [0.15, 0.2) is 176 Å². The smallest absolute Gasteiger partial charge is 0.328 e. The summed E-state index contributed by atoms with van der Waals surface area (Å²) >= 11 is 0. The van der Waals surface area contributed by atoms with Gasteiger partial charge in [0.05, 0.1) is 38.6 Å². The van der Waals surface area contributed by atoms with Crippen molar-refractivity contribution >= 4 is 22.9 Å². The van der Waals surface area contributed by atoms with E-state index in [1.54, 1.807) is 6.08 Å². The third-order valence-corrected chi connectivity index (χ3v) is 11.1. The Balaban J connectivity index is 1.20. The molecule has 1 aromatic heterocycles. The molecular weight excluding hydrogens is 763 g/mol. The van der Waals surface area contributed by atoms with Crippen molar-refractivity contribution in [3.63, 3.8) is 0 Å². The molecule has 8 heteroatoms. The van der Waals surface area contributed by atoms with Crippen molar-refractivity contribution in [1.29, 1.82) is 0 Å². The Morgan fingerprint density at radius 2 is 1.13 bits per heavy atom. The van der Waals surface area contributed by atoms with Crippen LogP contribution in [0.25, 0.3) is 17.0 Å². The van der Waals surface area contributed by atoms with Crippen molar-refractivity contribution in [2.45, 2.75) is 70.4 Å². The third-order valence-electron chi connectivity index (χ3n) is 11.1. The molecule has 0 spiro atoms. The van der Waals surface area contributed by atoms with Crippen LogP contribution in [0.4, 0.5) is 0 Å². The molecule has 1 aliphatic rings. The van der Waals surface area contributed by atoms with Crippen LogP contribution in [0.2, 0.25) is 0 Å². The minimum Gasteiger partial charge on any atom is -0.478 e. The molecule has 1 aliphatic heterocycles. The molecule has 2 heterocycles. The molecule has 5 atom stereocenters. The van der Waals surface area contributed by atoms with Crippen molar-refractivity contribution in [1.82, 2.24) is 4.57 Å². The number of nitrogens with zero attached hydrogens (tertiary/aromatic N) is 1. The Morgan fingerprint density at radius 1 is 0.607 bits per heavy atom. The molecule has 0 amide bonds. The summed E-state index contributed by atoms with van der Waals surface area (Å²) in [4.78, 5) is 11.1. The SMILES string of the molecule is Cc1cccc2c1c(Cc1ccc(/C=C/C(=O)O)cc1)cn2[C@@H]1O[C@H](COCc2ccccc2)[C@@H](OCc2ccccc2)[C@H](OCc2ccccc2)[C@H]1OCc1ccccc1. The zero-order valence-electron chi connectivity index (χ0n) is 34.3. The molecule has 8 nitrogen and oxygen atoms in total. The number of aryl methyl sites for hydroxylation is 1. The van der Waals surface area contributed by atoms with Gasteiger partial charge in [0.15, 0.2) is 6.23 Å². The van der Waals surface area contributed by atoms with Gasteiger partial charge in [0, 0.05) is 17.7 Å². The van der Waals surface area contributed by atoms with Crippen LogP contribution < -0.4 is 0 Å². The fourth-order valence-corrected chi connectivity index (χ4v) is 8.05. The lowest BCUT2D eigenvalue weighted by atomic mass is 9.96. The van der Waals surface area contributed by atoms with Gasteiger partial charge in [-0.15, -0.1) is 0 Å². The lowest BCUT2D eigenvalue weighted by Gasteiger charge is -2.46. The summed E-state index contributed by atoms with van der Waals surface area (Å²) in [5, 5.41) is 10.3. The van der Waals surface area contributed by atoms with Gasteiger partial charge in [0.1, 0.15) is 24.4 Å². The maximum absolute atomic E-state index is 11.1. The molecule has 310 valence electrons. The Hall–Kier alpha value is -6.13. The molecule has 8 rings (SSSR count). The molecule has 0 radical (unpaired) electrons. The molecule has 0 unspecified atom stereocenters. The van der Waals surface area contributed by atoms with E-state index < -0.39 is 36.6 Å². The molecule has 1 saturated heterocycles. The number of aliphatic carboxylic acids is 1. The van der Waals surface area contributed by atoms with Crippen LogP contribution in [0.5, 0.6) is 0 Å². The maximum atomic E-state index is 11.1. The Morgan fingerprint density at radius 3 is 1.69 bits per heavy atom. The van der Waals surface area contributed by atoms with Crippen LogP contribution in [0.1, 0.15) is 50.7 Å². The van der Waals surface area contributed by atoms with Gasteiger partial charge in [-0.2, -0.15) is 0 Å². The predicted molar refractivity (Wildman–Crippen MR) is 238 cm³/mol. The van der Waals surface area contributed by atoms with E-state index in [4.69, 9.17) is 28.8 Å². The maximum Gasteiger partial charge on any atom is 0.328 e. The second-order valence-electron chi connectivity index (χ2n) is 15.5. The normalized spacial score (nSPS) is 19.1. The minimum atomic E-state index is -0.977. The van der Waals surface area contributed by atoms with Crippen LogP contribution in [-0.2, 0) is 61.3 Å². The van der Waals surface area contributed by atoms with Gasteiger partial charge in [0.25, 0.3) is 0 Å². The zero-order valence-corrected chi connectivity index (χ0v) is 34.3. The number of hydrogen-bond acceptors (Lipinski definition) is 6. The van der Waals surface area contributed by atoms with Crippen molar-refractivity contribution < 1.29 is 33.6 Å². The van der Waals surface area contributed by atoms with E-state index in [9.17, 15) is 4.79 Å². The number of fused-ring (bicyclic) bond motifs is 1. The Kier molecular flexibility index (Phi) is 13.9. The van der Waals surface area contributed by atoms with E-state index in [0.717, 1.165) is 61.5 Å². The highest BCUT2D eigenvalue weighted by molar-refractivity contribution is 5.88. The van der Waals surface area contributed by atoms with Crippen molar-refractivity contribution in [3.8, 4) is 0 Å². The second kappa shape index (κ2) is 20.4. The van der Waals surface area contributed by atoms with E-state index in [2.05, 4.69) is 84.4 Å². The molecule has 0 saturated carbocycles. The monoisotopic (exact) mass is 813 g/mol. The van der Waals surface area contributed by atoms with Gasteiger partial charge < -0.3 is 33.4 Å². The van der Waals surface area contributed by atoms with Crippen LogP contribution >= 0.6 is 0 Å². The van der Waals surface area contributed by atoms with Crippen LogP contribution in [-0.4, -0.2) is 46.7 Å². The van der Waals surface area contributed by atoms with E-state index in [-0.39, 0.29) is 6.61 Å². The summed E-state index contributed by atoms with van der Waals surface area (Å²) in [5.41, 5.74) is 9.41. The number of carbonyl (C=O) groups is 1. The van der Waals surface area contributed by atoms with Gasteiger partial charge >= 0.3 is 5.97 Å². The first-order valence-electron chi connectivity index (χ1n) is 20.8. The average Bonchev–Trinajstić information content (AvgIpc) is 3.67. The van der Waals surface area contributed by atoms with Gasteiger partial charge in [-0.3, -0.25) is 0 Å². The van der Waals surface area contributed by atoms with Crippen molar-refractivity contribution in [2.75, 3.05) is 6.61 Å². The molecule has 0 aliphatic carbocycles. The van der Waals surface area contributed by atoms with Gasteiger partial charge in [-0.05, 0) is 70.0 Å². The highest BCUT2D eigenvalue weighted by Gasteiger charge is 2.49. The number of rotatable bonds is 18. The first-order chi connectivity index (χ1) is 30.0. The van der Waals surface area contributed by atoms with Gasteiger partial charge in [-0.25, -0.2) is 4.79 Å². The average molecular weight is 814 g/mol. The summed E-state index contributed by atoms with van der Waals surface area (Å²) in [7, 11) is 0. The standard InChI is InChI=1S/C53H51NO7/c1-38-15-14-24-46-49(38)45(31-40-27-25-39(26-28-40)29-30-48(55)56)32-54(46)53-52(60-36-44-22-12-5-13-23-44)51(59-35-43-20-10-4-11-21-43)50(58-34-42-18-8-3-9-19-42)47(61-53)37-57-33-41-16-6-2-7-17-41/h2-30,32,47,50-53H,31,33-37H2,1H3,(H,55,56)/b30-29+/t47-,50-,51+,52-,53-/m1/s1. The van der Waals surface area contributed by atoms with E-state index in [0.29, 0.717) is 32.8 Å². The summed E-state index contributed by atoms with van der Waals surface area (Å²) < 4.78 is 37.1. The van der Waals surface area contributed by atoms with E-state index in [1.165, 1.54) is 0 Å². The number of benzene rings is 6. The van der Waals surface area contributed by atoms with Crippen LogP contribution in [0.3, 0.4) is 0 Å². The highest BCUT2D eigenvalue weighted by atomic mass is 16.6. The third kappa shape index (κ3) is 10.8.